The maximum atomic E-state index is 13.3. The Morgan fingerprint density at radius 1 is 0.973 bits per heavy atom. The van der Waals surface area contributed by atoms with Crippen LogP contribution in [-0.2, 0) is 15.7 Å². The number of rotatable bonds is 6. The Bertz CT molecular complexity index is 1230. The fourth-order valence-corrected chi connectivity index (χ4v) is 4.71. The summed E-state index contributed by atoms with van der Waals surface area (Å²) in [7, 11) is 0. The van der Waals surface area contributed by atoms with Crippen molar-refractivity contribution in [2.75, 3.05) is 64.1 Å². The molecular formula is C26H28F3N5O3. The van der Waals surface area contributed by atoms with Crippen LogP contribution in [0, 0.1) is 0 Å². The predicted molar refractivity (Wildman–Crippen MR) is 131 cm³/mol. The number of morpholine rings is 2. The number of alkyl halides is 3. The van der Waals surface area contributed by atoms with Crippen LogP contribution >= 0.6 is 0 Å². The maximum Gasteiger partial charge on any atom is 0.433 e. The molecule has 2 aliphatic heterocycles. The molecule has 11 heteroatoms. The van der Waals surface area contributed by atoms with E-state index >= 15 is 0 Å². The summed E-state index contributed by atoms with van der Waals surface area (Å²) in [5.74, 6) is 0.570. The van der Waals surface area contributed by atoms with E-state index in [0.717, 1.165) is 30.4 Å². The minimum absolute atomic E-state index is 0.210. The number of ether oxygens (including phenoxy) is 2. The number of nitrogens with zero attached hydrogens (tertiary/aromatic N) is 4. The number of halogens is 3. The molecule has 1 atom stereocenters. The summed E-state index contributed by atoms with van der Waals surface area (Å²) < 4.78 is 49.9. The molecule has 196 valence electrons. The van der Waals surface area contributed by atoms with E-state index in [2.05, 4.69) is 20.1 Å². The Kier molecular flexibility index (Phi) is 7.54. The zero-order chi connectivity index (χ0) is 25.8. The van der Waals surface area contributed by atoms with Crippen LogP contribution < -0.4 is 10.2 Å². The zero-order valence-electron chi connectivity index (χ0n) is 20.2. The van der Waals surface area contributed by atoms with Gasteiger partial charge in [0.05, 0.1) is 38.0 Å². The first-order valence-corrected chi connectivity index (χ1v) is 12.3. The first kappa shape index (κ1) is 25.4. The third kappa shape index (κ3) is 5.84. The summed E-state index contributed by atoms with van der Waals surface area (Å²) in [5.41, 5.74) is 0.865. The van der Waals surface area contributed by atoms with Crippen molar-refractivity contribution in [1.29, 1.82) is 0 Å². The molecule has 0 bridgehead atoms. The van der Waals surface area contributed by atoms with Gasteiger partial charge in [-0.05, 0) is 35.9 Å². The van der Waals surface area contributed by atoms with E-state index in [0.29, 0.717) is 56.2 Å². The number of benzene rings is 1. The van der Waals surface area contributed by atoms with Crippen LogP contribution in [0.4, 0.5) is 19.0 Å². The first-order chi connectivity index (χ1) is 17.9. The average Bonchev–Trinajstić information content (AvgIpc) is 2.93. The molecule has 3 aromatic rings. The molecule has 0 radical (unpaired) electrons. The van der Waals surface area contributed by atoms with Gasteiger partial charge in [-0.1, -0.05) is 12.1 Å². The molecule has 2 saturated heterocycles. The van der Waals surface area contributed by atoms with E-state index in [4.69, 9.17) is 14.5 Å². The van der Waals surface area contributed by atoms with Crippen LogP contribution in [0.5, 0.6) is 0 Å². The molecule has 4 heterocycles. The van der Waals surface area contributed by atoms with Crippen molar-refractivity contribution >= 4 is 22.6 Å². The summed E-state index contributed by atoms with van der Waals surface area (Å²) in [6.45, 7) is 5.27. The van der Waals surface area contributed by atoms with Crippen molar-refractivity contribution < 1.29 is 27.4 Å². The van der Waals surface area contributed by atoms with E-state index in [1.54, 1.807) is 12.1 Å². The minimum atomic E-state index is -4.51. The summed E-state index contributed by atoms with van der Waals surface area (Å²) in [4.78, 5) is 25.9. The van der Waals surface area contributed by atoms with Crippen molar-refractivity contribution in [3.05, 3.63) is 65.5 Å². The van der Waals surface area contributed by atoms with Crippen LogP contribution in [0.15, 0.2) is 48.7 Å². The first-order valence-electron chi connectivity index (χ1n) is 12.3. The highest BCUT2D eigenvalue weighted by Crippen LogP contribution is 2.29. The molecule has 0 aliphatic carbocycles. The Labute approximate surface area is 212 Å². The highest BCUT2D eigenvalue weighted by Gasteiger charge is 2.33. The number of hydrogen-bond acceptors (Lipinski definition) is 7. The van der Waals surface area contributed by atoms with Gasteiger partial charge < -0.3 is 19.7 Å². The number of carbonyl (C=O) groups excluding carboxylic acids is 1. The van der Waals surface area contributed by atoms with Crippen LogP contribution in [0.1, 0.15) is 27.7 Å². The molecular weight excluding hydrogens is 487 g/mol. The SMILES string of the molecule is O=C(NCC(c1ccc(C(F)(F)F)nc1)N1CCOCC1)c1cccc2nc(N3CCOCC3)ccc12. The molecule has 37 heavy (non-hydrogen) atoms. The number of aromatic nitrogens is 2. The lowest BCUT2D eigenvalue weighted by Crippen LogP contribution is -2.44. The second kappa shape index (κ2) is 11.0. The number of anilines is 1. The number of pyridine rings is 2. The second-order valence-electron chi connectivity index (χ2n) is 8.99. The van der Waals surface area contributed by atoms with E-state index < -0.39 is 11.9 Å². The summed E-state index contributed by atoms with van der Waals surface area (Å²) in [6.07, 6.45) is -3.27. The van der Waals surface area contributed by atoms with E-state index in [1.165, 1.54) is 12.3 Å². The fourth-order valence-electron chi connectivity index (χ4n) is 4.71. The van der Waals surface area contributed by atoms with Crippen molar-refractivity contribution in [2.45, 2.75) is 12.2 Å². The van der Waals surface area contributed by atoms with Gasteiger partial charge in [0, 0.05) is 49.9 Å². The van der Waals surface area contributed by atoms with Crippen LogP contribution in [0.25, 0.3) is 10.9 Å². The second-order valence-corrected chi connectivity index (χ2v) is 8.99. The van der Waals surface area contributed by atoms with Gasteiger partial charge in [-0.3, -0.25) is 14.7 Å². The third-order valence-corrected chi connectivity index (χ3v) is 6.70. The largest absolute Gasteiger partial charge is 0.433 e. The lowest BCUT2D eigenvalue weighted by atomic mass is 10.0. The van der Waals surface area contributed by atoms with Gasteiger partial charge in [-0.25, -0.2) is 4.98 Å². The van der Waals surface area contributed by atoms with Gasteiger partial charge in [0.15, 0.2) is 0 Å². The quantitative estimate of drug-likeness (QED) is 0.540. The highest BCUT2D eigenvalue weighted by molar-refractivity contribution is 6.06. The third-order valence-electron chi connectivity index (χ3n) is 6.70. The molecule has 8 nitrogen and oxygen atoms in total. The van der Waals surface area contributed by atoms with Gasteiger partial charge in [0.1, 0.15) is 11.5 Å². The Morgan fingerprint density at radius 3 is 2.38 bits per heavy atom. The monoisotopic (exact) mass is 515 g/mol. The van der Waals surface area contributed by atoms with Gasteiger partial charge in [-0.2, -0.15) is 13.2 Å². The smallest absolute Gasteiger partial charge is 0.379 e. The minimum Gasteiger partial charge on any atom is -0.379 e. The Hall–Kier alpha value is -3.28. The fraction of sp³-hybridized carbons (Fsp3) is 0.423. The number of fused-ring (bicyclic) bond motifs is 1. The zero-order valence-corrected chi connectivity index (χ0v) is 20.2. The average molecular weight is 516 g/mol. The standard InChI is InChI=1S/C26H28F3N5O3/c27-26(28,29)23-6-4-18(16-30-23)22(33-8-12-36-13-9-33)17-31-25(35)20-2-1-3-21-19(20)5-7-24(32-21)34-10-14-37-15-11-34/h1-7,16,22H,8-15,17H2,(H,31,35). The van der Waals surface area contributed by atoms with Gasteiger partial charge in [-0.15, -0.1) is 0 Å². The molecule has 2 aliphatic rings. The van der Waals surface area contributed by atoms with E-state index in [9.17, 15) is 18.0 Å². The molecule has 1 amide bonds. The lowest BCUT2D eigenvalue weighted by Gasteiger charge is -2.34. The topological polar surface area (TPSA) is 79.8 Å². The lowest BCUT2D eigenvalue weighted by molar-refractivity contribution is -0.141. The summed E-state index contributed by atoms with van der Waals surface area (Å²) in [5, 5.41) is 3.72. The number of hydrogen-bond donors (Lipinski definition) is 1. The number of amides is 1. The molecule has 0 spiro atoms. The molecule has 1 unspecified atom stereocenters. The van der Waals surface area contributed by atoms with Crippen molar-refractivity contribution in [1.82, 2.24) is 20.2 Å². The van der Waals surface area contributed by atoms with Gasteiger partial charge in [0.2, 0.25) is 0 Å². The van der Waals surface area contributed by atoms with E-state index in [1.807, 2.05) is 18.2 Å². The van der Waals surface area contributed by atoms with Crippen molar-refractivity contribution in [2.24, 2.45) is 0 Å². The van der Waals surface area contributed by atoms with Crippen LogP contribution in [0.2, 0.25) is 0 Å². The number of nitrogens with one attached hydrogen (secondary N) is 1. The number of carbonyl (C=O) groups is 1. The Balaban J connectivity index is 1.34. The van der Waals surface area contributed by atoms with Crippen LogP contribution in [0.3, 0.4) is 0 Å². The molecule has 5 rings (SSSR count). The van der Waals surface area contributed by atoms with Gasteiger partial charge >= 0.3 is 6.18 Å². The van der Waals surface area contributed by atoms with Gasteiger partial charge in [0.25, 0.3) is 5.91 Å². The van der Waals surface area contributed by atoms with Crippen molar-refractivity contribution in [3.63, 3.8) is 0 Å². The molecule has 1 N–H and O–H groups in total. The predicted octanol–water partition coefficient (Wildman–Crippen LogP) is 3.29. The molecule has 0 saturated carbocycles. The van der Waals surface area contributed by atoms with Crippen LogP contribution in [-0.4, -0.2) is 79.9 Å². The maximum absolute atomic E-state index is 13.3. The summed E-state index contributed by atoms with van der Waals surface area (Å²) >= 11 is 0. The molecule has 2 fully saturated rings. The normalized spacial score (nSPS) is 18.1. The molecule has 2 aromatic heterocycles. The highest BCUT2D eigenvalue weighted by atomic mass is 19.4. The Morgan fingerprint density at radius 2 is 1.70 bits per heavy atom. The summed E-state index contributed by atoms with van der Waals surface area (Å²) in [6, 6.07) is 11.3. The van der Waals surface area contributed by atoms with Crippen molar-refractivity contribution in [3.8, 4) is 0 Å². The molecule has 1 aromatic carbocycles. The van der Waals surface area contributed by atoms with E-state index in [-0.39, 0.29) is 18.5 Å².